The Morgan fingerprint density at radius 1 is 1.40 bits per heavy atom. The van der Waals surface area contributed by atoms with Crippen LogP contribution in [0.4, 0.5) is 0 Å². The van der Waals surface area contributed by atoms with Crippen molar-refractivity contribution in [3.8, 4) is 0 Å². The molecule has 0 aliphatic heterocycles. The fraction of sp³-hybridized carbons (Fsp3) is 0.250. The van der Waals surface area contributed by atoms with Gasteiger partial charge in [-0.05, 0) is 12.5 Å². The first-order valence-electron chi connectivity index (χ1n) is 4.88. The van der Waals surface area contributed by atoms with Gasteiger partial charge in [-0.1, -0.05) is 30.3 Å². The molecule has 0 fully saturated rings. The lowest BCUT2D eigenvalue weighted by Crippen LogP contribution is -2.16. The standard InChI is InChI=1S/C12H15NO2/c1-2-15-9-11(12(13)14)8-10-6-4-3-5-7-10/h3-7,9H,2,8H2,1H3,(H2,13,14). The van der Waals surface area contributed by atoms with Crippen LogP contribution in [0.3, 0.4) is 0 Å². The van der Waals surface area contributed by atoms with Crippen molar-refractivity contribution in [3.05, 3.63) is 47.7 Å². The molecule has 0 atom stereocenters. The maximum Gasteiger partial charge on any atom is 0.248 e. The summed E-state index contributed by atoms with van der Waals surface area (Å²) in [5.74, 6) is -0.438. The number of amides is 1. The molecule has 0 aromatic heterocycles. The second-order valence-electron chi connectivity index (χ2n) is 3.13. The van der Waals surface area contributed by atoms with Crippen molar-refractivity contribution in [2.75, 3.05) is 6.61 Å². The summed E-state index contributed by atoms with van der Waals surface area (Å²) in [5.41, 5.74) is 6.77. The summed E-state index contributed by atoms with van der Waals surface area (Å²) in [5, 5.41) is 0. The first kappa shape index (κ1) is 11.3. The lowest BCUT2D eigenvalue weighted by Gasteiger charge is -2.03. The summed E-state index contributed by atoms with van der Waals surface area (Å²) in [6.45, 7) is 2.39. The minimum atomic E-state index is -0.438. The molecule has 1 amide bonds. The normalized spacial score (nSPS) is 11.1. The Hall–Kier alpha value is -1.77. The lowest BCUT2D eigenvalue weighted by molar-refractivity contribution is -0.114. The van der Waals surface area contributed by atoms with E-state index in [9.17, 15) is 4.79 Å². The second-order valence-corrected chi connectivity index (χ2v) is 3.13. The summed E-state index contributed by atoms with van der Waals surface area (Å²) >= 11 is 0. The fourth-order valence-electron chi connectivity index (χ4n) is 1.19. The summed E-state index contributed by atoms with van der Waals surface area (Å²) in [7, 11) is 0. The zero-order chi connectivity index (χ0) is 11.1. The SMILES string of the molecule is CCOC=C(Cc1ccccc1)C(N)=O. The average Bonchev–Trinajstić information content (AvgIpc) is 2.25. The Morgan fingerprint density at radius 3 is 2.60 bits per heavy atom. The highest BCUT2D eigenvalue weighted by atomic mass is 16.5. The molecular formula is C12H15NO2. The van der Waals surface area contributed by atoms with Gasteiger partial charge in [-0.25, -0.2) is 0 Å². The highest BCUT2D eigenvalue weighted by Crippen LogP contribution is 2.07. The number of nitrogens with two attached hydrogens (primary N) is 1. The van der Waals surface area contributed by atoms with Gasteiger partial charge in [-0.3, -0.25) is 4.79 Å². The molecule has 0 aliphatic rings. The highest BCUT2D eigenvalue weighted by molar-refractivity contribution is 5.92. The summed E-state index contributed by atoms with van der Waals surface area (Å²) in [6, 6.07) is 9.67. The van der Waals surface area contributed by atoms with Gasteiger partial charge in [0.05, 0.1) is 18.4 Å². The molecule has 15 heavy (non-hydrogen) atoms. The van der Waals surface area contributed by atoms with Crippen LogP contribution in [0.5, 0.6) is 0 Å². The lowest BCUT2D eigenvalue weighted by atomic mass is 10.1. The number of hydrogen-bond acceptors (Lipinski definition) is 2. The predicted molar refractivity (Wildman–Crippen MR) is 59.0 cm³/mol. The number of carbonyl (C=O) groups excluding carboxylic acids is 1. The van der Waals surface area contributed by atoms with Crippen molar-refractivity contribution in [3.63, 3.8) is 0 Å². The number of rotatable bonds is 5. The average molecular weight is 205 g/mol. The zero-order valence-corrected chi connectivity index (χ0v) is 8.77. The van der Waals surface area contributed by atoms with E-state index in [1.165, 1.54) is 6.26 Å². The first-order valence-corrected chi connectivity index (χ1v) is 4.88. The minimum absolute atomic E-state index is 0.438. The van der Waals surface area contributed by atoms with E-state index < -0.39 is 5.91 Å². The van der Waals surface area contributed by atoms with Gasteiger partial charge in [-0.2, -0.15) is 0 Å². The van der Waals surface area contributed by atoms with E-state index in [0.717, 1.165) is 5.56 Å². The van der Waals surface area contributed by atoms with Crippen molar-refractivity contribution >= 4 is 5.91 Å². The molecule has 1 aromatic rings. The summed E-state index contributed by atoms with van der Waals surface area (Å²) in [4.78, 5) is 11.1. The molecule has 80 valence electrons. The molecule has 0 spiro atoms. The minimum Gasteiger partial charge on any atom is -0.501 e. The van der Waals surface area contributed by atoms with E-state index >= 15 is 0 Å². The monoisotopic (exact) mass is 205 g/mol. The number of carbonyl (C=O) groups is 1. The zero-order valence-electron chi connectivity index (χ0n) is 8.77. The molecule has 0 aliphatic carbocycles. The van der Waals surface area contributed by atoms with Crippen LogP contribution in [0.1, 0.15) is 12.5 Å². The van der Waals surface area contributed by atoms with Crippen molar-refractivity contribution in [2.45, 2.75) is 13.3 Å². The molecule has 0 saturated carbocycles. The smallest absolute Gasteiger partial charge is 0.248 e. The van der Waals surface area contributed by atoms with Crippen LogP contribution >= 0.6 is 0 Å². The molecule has 0 bridgehead atoms. The topological polar surface area (TPSA) is 52.3 Å². The van der Waals surface area contributed by atoms with Crippen molar-refractivity contribution in [2.24, 2.45) is 5.73 Å². The highest BCUT2D eigenvalue weighted by Gasteiger charge is 2.06. The second kappa shape index (κ2) is 5.86. The molecule has 3 heteroatoms. The Balaban J connectivity index is 2.72. The maximum atomic E-state index is 11.1. The van der Waals surface area contributed by atoms with E-state index in [-0.39, 0.29) is 0 Å². The van der Waals surface area contributed by atoms with Gasteiger partial charge in [0.25, 0.3) is 0 Å². The fourth-order valence-corrected chi connectivity index (χ4v) is 1.19. The Kier molecular flexibility index (Phi) is 4.41. The van der Waals surface area contributed by atoms with E-state index in [1.807, 2.05) is 37.3 Å². The van der Waals surface area contributed by atoms with Crippen LogP contribution in [0.25, 0.3) is 0 Å². The van der Waals surface area contributed by atoms with Gasteiger partial charge in [-0.15, -0.1) is 0 Å². The van der Waals surface area contributed by atoms with Gasteiger partial charge in [0.2, 0.25) is 5.91 Å². The third-order valence-electron chi connectivity index (χ3n) is 1.95. The number of hydrogen-bond donors (Lipinski definition) is 1. The number of primary amides is 1. The quantitative estimate of drug-likeness (QED) is 0.586. The summed E-state index contributed by atoms with van der Waals surface area (Å²) in [6.07, 6.45) is 1.95. The van der Waals surface area contributed by atoms with Crippen LogP contribution in [0.15, 0.2) is 42.2 Å². The molecule has 3 nitrogen and oxygen atoms in total. The Bertz CT molecular complexity index is 344. The van der Waals surface area contributed by atoms with E-state index in [1.54, 1.807) is 0 Å². The van der Waals surface area contributed by atoms with Gasteiger partial charge in [0, 0.05) is 6.42 Å². The first-order chi connectivity index (χ1) is 7.24. The number of ether oxygens (including phenoxy) is 1. The van der Waals surface area contributed by atoms with Crippen LogP contribution in [-0.4, -0.2) is 12.5 Å². The van der Waals surface area contributed by atoms with Crippen molar-refractivity contribution in [1.82, 2.24) is 0 Å². The third-order valence-corrected chi connectivity index (χ3v) is 1.95. The molecule has 2 N–H and O–H groups in total. The molecule has 1 rings (SSSR count). The summed E-state index contributed by atoms with van der Waals surface area (Å²) < 4.78 is 5.07. The van der Waals surface area contributed by atoms with Crippen LogP contribution in [0.2, 0.25) is 0 Å². The number of benzene rings is 1. The molecule has 0 heterocycles. The van der Waals surface area contributed by atoms with Gasteiger partial charge in [0.15, 0.2) is 0 Å². The van der Waals surface area contributed by atoms with Crippen molar-refractivity contribution < 1.29 is 9.53 Å². The third kappa shape index (κ3) is 3.85. The molecular weight excluding hydrogens is 190 g/mol. The van der Waals surface area contributed by atoms with Crippen LogP contribution < -0.4 is 5.73 Å². The molecule has 0 saturated heterocycles. The Morgan fingerprint density at radius 2 is 2.07 bits per heavy atom. The molecule has 0 unspecified atom stereocenters. The van der Waals surface area contributed by atoms with Crippen LogP contribution in [-0.2, 0) is 16.0 Å². The van der Waals surface area contributed by atoms with Gasteiger partial charge in [0.1, 0.15) is 0 Å². The predicted octanol–water partition coefficient (Wildman–Crippen LogP) is 1.63. The van der Waals surface area contributed by atoms with Gasteiger partial charge < -0.3 is 10.5 Å². The largest absolute Gasteiger partial charge is 0.501 e. The van der Waals surface area contributed by atoms with E-state index in [4.69, 9.17) is 10.5 Å². The van der Waals surface area contributed by atoms with E-state index in [0.29, 0.717) is 18.6 Å². The van der Waals surface area contributed by atoms with Gasteiger partial charge >= 0.3 is 0 Å². The molecule has 0 radical (unpaired) electrons. The van der Waals surface area contributed by atoms with E-state index in [2.05, 4.69) is 0 Å². The van der Waals surface area contributed by atoms with Crippen LogP contribution in [0, 0.1) is 0 Å². The molecule has 1 aromatic carbocycles. The maximum absolute atomic E-state index is 11.1. The van der Waals surface area contributed by atoms with Crippen molar-refractivity contribution in [1.29, 1.82) is 0 Å². The Labute approximate surface area is 89.5 Å².